The number of hydrogen-bond donors (Lipinski definition) is 1. The molecule has 0 saturated carbocycles. The summed E-state index contributed by atoms with van der Waals surface area (Å²) in [5, 5.41) is 0.862. The fraction of sp³-hybridized carbons (Fsp3) is 0.188. The van der Waals surface area contributed by atoms with E-state index in [-0.39, 0.29) is 0 Å². The number of aromatic nitrogens is 3. The molecule has 2 aromatic heterocycles. The third-order valence-electron chi connectivity index (χ3n) is 3.29. The Balaban J connectivity index is 2.07. The van der Waals surface area contributed by atoms with Gasteiger partial charge >= 0.3 is 0 Å². The minimum atomic E-state index is 0.478. The van der Waals surface area contributed by atoms with Gasteiger partial charge in [-0.2, -0.15) is 0 Å². The summed E-state index contributed by atoms with van der Waals surface area (Å²) in [6.07, 6.45) is 1.74. The zero-order chi connectivity index (χ0) is 15.0. The van der Waals surface area contributed by atoms with Crippen molar-refractivity contribution in [3.8, 4) is 21.8 Å². The zero-order valence-corrected chi connectivity index (χ0v) is 13.0. The highest BCUT2D eigenvalue weighted by Crippen LogP contribution is 2.34. The Hall–Kier alpha value is -2.27. The smallest absolute Gasteiger partial charge is 0.137 e. The summed E-state index contributed by atoms with van der Waals surface area (Å²) >= 11 is 1.62. The van der Waals surface area contributed by atoms with Crippen LogP contribution in [0.5, 0.6) is 0 Å². The van der Waals surface area contributed by atoms with E-state index < -0.39 is 0 Å². The first-order valence-corrected chi connectivity index (χ1v) is 7.50. The van der Waals surface area contributed by atoms with E-state index >= 15 is 0 Å². The predicted molar refractivity (Wildman–Crippen MR) is 87.2 cm³/mol. The predicted octanol–water partition coefficient (Wildman–Crippen LogP) is 3.77. The van der Waals surface area contributed by atoms with Gasteiger partial charge in [0.05, 0.1) is 11.3 Å². The van der Waals surface area contributed by atoms with Gasteiger partial charge < -0.3 is 5.73 Å². The summed E-state index contributed by atoms with van der Waals surface area (Å²) < 4.78 is 0. The summed E-state index contributed by atoms with van der Waals surface area (Å²) in [5.74, 6) is 1.15. The maximum Gasteiger partial charge on any atom is 0.137 e. The molecule has 2 N–H and O–H groups in total. The van der Waals surface area contributed by atoms with Gasteiger partial charge in [0, 0.05) is 16.6 Å². The number of hydrogen-bond acceptors (Lipinski definition) is 5. The van der Waals surface area contributed by atoms with E-state index in [0.29, 0.717) is 11.6 Å². The summed E-state index contributed by atoms with van der Waals surface area (Å²) in [4.78, 5) is 14.3. The normalized spacial score (nSPS) is 10.8. The Morgan fingerprint density at radius 3 is 2.38 bits per heavy atom. The van der Waals surface area contributed by atoms with Gasteiger partial charge in [0.15, 0.2) is 0 Å². The van der Waals surface area contributed by atoms with E-state index in [1.807, 2.05) is 6.92 Å². The third kappa shape index (κ3) is 2.64. The standard InChI is InChI=1S/C16H16N4S/c1-9-4-6-12(7-5-9)14-10(2)21-16(20-14)13-8-18-11(3)19-15(13)17/h4-8H,1-3H3,(H2,17,18,19). The first kappa shape index (κ1) is 13.7. The van der Waals surface area contributed by atoms with Crippen molar-refractivity contribution in [2.45, 2.75) is 20.8 Å². The van der Waals surface area contributed by atoms with Gasteiger partial charge in [0.1, 0.15) is 16.6 Å². The van der Waals surface area contributed by atoms with Crippen molar-refractivity contribution < 1.29 is 0 Å². The Labute approximate surface area is 127 Å². The highest BCUT2D eigenvalue weighted by molar-refractivity contribution is 7.15. The molecule has 0 aliphatic heterocycles. The molecule has 0 unspecified atom stereocenters. The van der Waals surface area contributed by atoms with E-state index in [0.717, 1.165) is 26.7 Å². The number of anilines is 1. The van der Waals surface area contributed by atoms with Crippen LogP contribution in [0, 0.1) is 20.8 Å². The van der Waals surface area contributed by atoms with Crippen molar-refractivity contribution in [1.82, 2.24) is 15.0 Å². The highest BCUT2D eigenvalue weighted by atomic mass is 32.1. The fourth-order valence-electron chi connectivity index (χ4n) is 2.14. The second-order valence-corrected chi connectivity index (χ2v) is 6.21. The molecule has 1 aromatic carbocycles. The van der Waals surface area contributed by atoms with E-state index in [4.69, 9.17) is 10.7 Å². The van der Waals surface area contributed by atoms with Crippen LogP contribution < -0.4 is 5.73 Å². The van der Waals surface area contributed by atoms with Crippen LogP contribution in [0.2, 0.25) is 0 Å². The molecule has 0 atom stereocenters. The van der Waals surface area contributed by atoms with Crippen molar-refractivity contribution in [1.29, 1.82) is 0 Å². The largest absolute Gasteiger partial charge is 0.383 e. The minimum absolute atomic E-state index is 0.478. The summed E-state index contributed by atoms with van der Waals surface area (Å²) in [6, 6.07) is 8.38. The van der Waals surface area contributed by atoms with Crippen LogP contribution in [0.4, 0.5) is 5.82 Å². The van der Waals surface area contributed by atoms with Crippen molar-refractivity contribution in [3.05, 3.63) is 46.7 Å². The Kier molecular flexibility index (Phi) is 3.43. The SMILES string of the molecule is Cc1ccc(-c2nc(-c3cnc(C)nc3N)sc2C)cc1. The Morgan fingerprint density at radius 2 is 1.71 bits per heavy atom. The Morgan fingerprint density at radius 1 is 1.00 bits per heavy atom. The van der Waals surface area contributed by atoms with Crippen LogP contribution in [0.3, 0.4) is 0 Å². The molecule has 3 rings (SSSR count). The van der Waals surface area contributed by atoms with Gasteiger partial charge in [0.2, 0.25) is 0 Å². The van der Waals surface area contributed by atoms with Gasteiger partial charge in [-0.25, -0.2) is 15.0 Å². The maximum absolute atomic E-state index is 5.99. The topological polar surface area (TPSA) is 64.7 Å². The number of rotatable bonds is 2. The lowest BCUT2D eigenvalue weighted by molar-refractivity contribution is 1.06. The second-order valence-electron chi connectivity index (χ2n) is 5.01. The third-order valence-corrected chi connectivity index (χ3v) is 4.29. The molecule has 3 aromatic rings. The van der Waals surface area contributed by atoms with Crippen LogP contribution in [0.25, 0.3) is 21.8 Å². The second kappa shape index (κ2) is 5.26. The molecule has 21 heavy (non-hydrogen) atoms. The Bertz CT molecular complexity index is 791. The van der Waals surface area contributed by atoms with E-state index in [1.165, 1.54) is 5.56 Å². The monoisotopic (exact) mass is 296 g/mol. The molecule has 4 nitrogen and oxygen atoms in total. The molecular weight excluding hydrogens is 280 g/mol. The number of benzene rings is 1. The molecule has 106 valence electrons. The molecule has 0 spiro atoms. The number of nitrogen functional groups attached to an aromatic ring is 1. The van der Waals surface area contributed by atoms with Crippen molar-refractivity contribution in [2.75, 3.05) is 5.73 Å². The molecular formula is C16H16N4S. The number of thiazole rings is 1. The number of aryl methyl sites for hydroxylation is 3. The van der Waals surface area contributed by atoms with Gasteiger partial charge in [0.25, 0.3) is 0 Å². The average Bonchev–Trinajstić information content (AvgIpc) is 2.81. The first-order valence-electron chi connectivity index (χ1n) is 6.68. The van der Waals surface area contributed by atoms with Gasteiger partial charge in [-0.3, -0.25) is 0 Å². The molecule has 5 heteroatoms. The van der Waals surface area contributed by atoms with Crippen LogP contribution in [0.1, 0.15) is 16.3 Å². The van der Waals surface area contributed by atoms with Crippen molar-refractivity contribution in [3.63, 3.8) is 0 Å². The maximum atomic E-state index is 5.99. The number of nitrogens with two attached hydrogens (primary N) is 1. The van der Waals surface area contributed by atoms with Crippen molar-refractivity contribution >= 4 is 17.2 Å². The molecule has 0 radical (unpaired) electrons. The van der Waals surface area contributed by atoms with Gasteiger partial charge in [-0.05, 0) is 20.8 Å². The van der Waals surface area contributed by atoms with Gasteiger partial charge in [-0.15, -0.1) is 11.3 Å². The molecule has 0 fully saturated rings. The van der Waals surface area contributed by atoms with Crippen LogP contribution in [-0.4, -0.2) is 15.0 Å². The van der Waals surface area contributed by atoms with E-state index in [2.05, 4.69) is 48.1 Å². The summed E-state index contributed by atoms with van der Waals surface area (Å²) in [7, 11) is 0. The van der Waals surface area contributed by atoms with Crippen LogP contribution in [0.15, 0.2) is 30.5 Å². The van der Waals surface area contributed by atoms with E-state index in [9.17, 15) is 0 Å². The summed E-state index contributed by atoms with van der Waals surface area (Å²) in [6.45, 7) is 5.97. The van der Waals surface area contributed by atoms with Crippen LogP contribution in [-0.2, 0) is 0 Å². The van der Waals surface area contributed by atoms with Crippen molar-refractivity contribution in [2.24, 2.45) is 0 Å². The quantitative estimate of drug-likeness (QED) is 0.781. The first-order chi connectivity index (χ1) is 10.0. The average molecular weight is 296 g/mol. The van der Waals surface area contributed by atoms with Crippen LogP contribution >= 0.6 is 11.3 Å². The lowest BCUT2D eigenvalue weighted by Gasteiger charge is -2.01. The summed E-state index contributed by atoms with van der Waals surface area (Å²) in [5.41, 5.74) is 10.1. The molecule has 2 heterocycles. The van der Waals surface area contributed by atoms with Gasteiger partial charge in [-0.1, -0.05) is 29.8 Å². The molecule has 0 aliphatic carbocycles. The highest BCUT2D eigenvalue weighted by Gasteiger charge is 2.14. The molecule has 0 amide bonds. The minimum Gasteiger partial charge on any atom is -0.383 e. The van der Waals surface area contributed by atoms with E-state index in [1.54, 1.807) is 17.5 Å². The lowest BCUT2D eigenvalue weighted by atomic mass is 10.1. The molecule has 0 bridgehead atoms. The lowest BCUT2D eigenvalue weighted by Crippen LogP contribution is -1.98. The molecule has 0 aliphatic rings. The zero-order valence-electron chi connectivity index (χ0n) is 12.2. The fourth-order valence-corrected chi connectivity index (χ4v) is 3.10. The molecule has 0 saturated heterocycles. The number of nitrogens with zero attached hydrogens (tertiary/aromatic N) is 3.